The number of Topliss-reactive ketones (excluding diaryl/α,β-unsaturated/α-hetero) is 1. The average molecular weight is 439 g/mol. The number of carboxylic acids is 1. The number of aliphatic imine (C=N–C) groups is 4. The van der Waals surface area contributed by atoms with Gasteiger partial charge in [-0.3, -0.25) is 9.59 Å². The van der Waals surface area contributed by atoms with E-state index in [0.717, 1.165) is 45.6 Å². The molecule has 0 amide bonds. The number of carbonyl (C=O) groups excluding carboxylic acids is 1. The van der Waals surface area contributed by atoms with Crippen LogP contribution in [0.15, 0.2) is 116 Å². The van der Waals surface area contributed by atoms with Crippen molar-refractivity contribution in [3.8, 4) is 0 Å². The first-order valence-electron chi connectivity index (χ1n) is 10.3. The predicted molar refractivity (Wildman–Crippen MR) is 130 cm³/mol. The Balaban J connectivity index is 0.000000248. The summed E-state index contributed by atoms with van der Waals surface area (Å²) in [4.78, 5) is 38.6. The van der Waals surface area contributed by atoms with Gasteiger partial charge in [-0.1, -0.05) is 0 Å². The minimum atomic E-state index is -1.13. The summed E-state index contributed by atoms with van der Waals surface area (Å²) in [7, 11) is 0. The lowest BCUT2D eigenvalue weighted by atomic mass is 10.2. The number of allylic oxidation sites excluding steroid dienone is 12. The molecule has 0 saturated carbocycles. The third kappa shape index (κ3) is 5.90. The zero-order valence-corrected chi connectivity index (χ0v) is 17.8. The Bertz CT molecular complexity index is 1110. The van der Waals surface area contributed by atoms with E-state index in [1.165, 1.54) is 6.92 Å². The van der Waals surface area contributed by atoms with Crippen molar-refractivity contribution in [2.75, 3.05) is 0 Å². The molecule has 5 aliphatic rings. The van der Waals surface area contributed by atoms with Crippen LogP contribution in [-0.4, -0.2) is 45.7 Å². The van der Waals surface area contributed by atoms with Gasteiger partial charge in [0.05, 0.1) is 45.6 Å². The fraction of sp³-hybridized carbons (Fsp3) is 0.120. The first-order valence-corrected chi connectivity index (χ1v) is 10.3. The second kappa shape index (κ2) is 9.46. The van der Waals surface area contributed by atoms with Gasteiger partial charge in [-0.05, 0) is 79.8 Å². The minimum Gasteiger partial charge on any atom is -0.480 e. The lowest BCUT2D eigenvalue weighted by molar-refractivity contribution is -0.140. The van der Waals surface area contributed by atoms with Gasteiger partial charge in [-0.15, -0.1) is 0 Å². The summed E-state index contributed by atoms with van der Waals surface area (Å²) in [6.07, 6.45) is 23.7. The molecule has 5 heterocycles. The molecular formula is C25H21N5O3. The minimum absolute atomic E-state index is 0.0880. The molecule has 3 N–H and O–H groups in total. The molecule has 8 bridgehead atoms. The van der Waals surface area contributed by atoms with Crippen LogP contribution in [0.2, 0.25) is 0 Å². The summed E-state index contributed by atoms with van der Waals surface area (Å²) in [5, 5.41) is 8.15. The van der Waals surface area contributed by atoms with Gasteiger partial charge in [-0.25, -0.2) is 20.0 Å². The Morgan fingerprint density at radius 1 is 0.697 bits per heavy atom. The SMILES string of the molecule is C1=CC2=NC1=CC1=NC(=CC3=NC(=CC4=NC(=C2)C=C4)C=C3)C=C1.CC(=O)CC(N)C(=O)O. The van der Waals surface area contributed by atoms with Crippen molar-refractivity contribution < 1.29 is 14.7 Å². The Hall–Kier alpha value is -4.30. The molecule has 8 heteroatoms. The summed E-state index contributed by atoms with van der Waals surface area (Å²) in [5.41, 5.74) is 12.1. The van der Waals surface area contributed by atoms with E-state index in [2.05, 4.69) is 20.0 Å². The number of carboxylic acid groups (broad SMARTS) is 1. The number of aliphatic carboxylic acids is 1. The summed E-state index contributed by atoms with van der Waals surface area (Å²) < 4.78 is 0. The third-order valence-electron chi connectivity index (χ3n) is 4.74. The maximum absolute atomic E-state index is 10.2. The molecule has 0 aromatic rings. The van der Waals surface area contributed by atoms with E-state index in [1.54, 1.807) is 0 Å². The molecule has 164 valence electrons. The predicted octanol–water partition coefficient (Wildman–Crippen LogP) is 2.96. The molecule has 1 atom stereocenters. The van der Waals surface area contributed by atoms with Crippen molar-refractivity contribution in [2.24, 2.45) is 25.7 Å². The van der Waals surface area contributed by atoms with Crippen molar-refractivity contribution in [2.45, 2.75) is 19.4 Å². The highest BCUT2D eigenvalue weighted by Gasteiger charge is 2.13. The Kier molecular flexibility index (Phi) is 6.28. The number of hydrogen-bond acceptors (Lipinski definition) is 7. The highest BCUT2D eigenvalue weighted by molar-refractivity contribution is 6.14. The fourth-order valence-corrected chi connectivity index (χ4v) is 3.22. The van der Waals surface area contributed by atoms with E-state index in [0.29, 0.717) is 0 Å². The van der Waals surface area contributed by atoms with Crippen LogP contribution >= 0.6 is 0 Å². The normalized spacial score (nSPS) is 19.9. The van der Waals surface area contributed by atoms with Crippen molar-refractivity contribution in [1.82, 2.24) is 0 Å². The van der Waals surface area contributed by atoms with E-state index in [1.807, 2.05) is 72.9 Å². The molecular weight excluding hydrogens is 418 g/mol. The molecule has 0 saturated heterocycles. The highest BCUT2D eigenvalue weighted by Crippen LogP contribution is 2.20. The maximum atomic E-state index is 10.2. The summed E-state index contributed by atoms with van der Waals surface area (Å²) >= 11 is 0. The van der Waals surface area contributed by atoms with E-state index in [9.17, 15) is 9.59 Å². The van der Waals surface area contributed by atoms with Gasteiger partial charge in [0.25, 0.3) is 0 Å². The molecule has 0 fully saturated rings. The number of fused-ring (bicyclic) bond motifs is 4. The molecule has 5 rings (SSSR count). The Morgan fingerprint density at radius 3 is 1.21 bits per heavy atom. The summed E-state index contributed by atoms with van der Waals surface area (Å²) in [5.74, 6) is -1.34. The number of nitrogens with zero attached hydrogens (tertiary/aromatic N) is 4. The molecule has 0 aromatic carbocycles. The Morgan fingerprint density at radius 2 is 1.00 bits per heavy atom. The first kappa shape index (κ1) is 21.9. The number of rotatable bonds is 3. The standard InChI is InChI=1S/C20H12N4.C5H9NO3/c1-2-14-10-16-5-6-18(23-16)12-20-8-7-19(24-20)11-17-4-3-15(22-17)9-13(1)21-14;1-3(7)2-4(6)5(8)9/h1-12H;4H,2,6H2,1H3,(H,8,9). The lowest BCUT2D eigenvalue weighted by Crippen LogP contribution is -2.31. The molecule has 0 aromatic heterocycles. The zero-order valence-electron chi connectivity index (χ0n) is 17.8. The van der Waals surface area contributed by atoms with Gasteiger partial charge in [0.2, 0.25) is 0 Å². The van der Waals surface area contributed by atoms with Crippen LogP contribution in [0.4, 0.5) is 0 Å². The van der Waals surface area contributed by atoms with Gasteiger partial charge >= 0.3 is 5.97 Å². The van der Waals surface area contributed by atoms with Crippen molar-refractivity contribution in [3.05, 3.63) is 95.7 Å². The number of carbonyl (C=O) groups is 2. The van der Waals surface area contributed by atoms with Gasteiger partial charge in [0, 0.05) is 6.42 Å². The topological polar surface area (TPSA) is 130 Å². The molecule has 0 radical (unpaired) electrons. The maximum Gasteiger partial charge on any atom is 0.320 e. The van der Waals surface area contributed by atoms with E-state index in [-0.39, 0.29) is 12.2 Å². The van der Waals surface area contributed by atoms with Crippen molar-refractivity contribution in [3.63, 3.8) is 0 Å². The second-order valence-electron chi connectivity index (χ2n) is 7.61. The summed E-state index contributed by atoms with van der Waals surface area (Å²) in [6, 6.07) is -1.04. The molecule has 5 aliphatic heterocycles. The Labute approximate surface area is 190 Å². The van der Waals surface area contributed by atoms with E-state index >= 15 is 0 Å². The van der Waals surface area contributed by atoms with Crippen molar-refractivity contribution in [1.29, 1.82) is 0 Å². The van der Waals surface area contributed by atoms with Crippen LogP contribution in [0.3, 0.4) is 0 Å². The molecule has 33 heavy (non-hydrogen) atoms. The summed E-state index contributed by atoms with van der Waals surface area (Å²) in [6.45, 7) is 1.31. The quantitative estimate of drug-likeness (QED) is 0.700. The van der Waals surface area contributed by atoms with Crippen LogP contribution < -0.4 is 5.73 Å². The number of ketones is 1. The fourth-order valence-electron chi connectivity index (χ4n) is 3.22. The van der Waals surface area contributed by atoms with Crippen LogP contribution in [0, 0.1) is 0 Å². The van der Waals surface area contributed by atoms with Gasteiger partial charge < -0.3 is 10.8 Å². The smallest absolute Gasteiger partial charge is 0.320 e. The van der Waals surface area contributed by atoms with Crippen LogP contribution in [-0.2, 0) is 9.59 Å². The molecule has 1 unspecified atom stereocenters. The second-order valence-corrected chi connectivity index (χ2v) is 7.61. The zero-order chi connectivity index (χ0) is 23.4. The largest absolute Gasteiger partial charge is 0.480 e. The van der Waals surface area contributed by atoms with Gasteiger partial charge in [0.1, 0.15) is 11.8 Å². The van der Waals surface area contributed by atoms with Crippen LogP contribution in [0.5, 0.6) is 0 Å². The van der Waals surface area contributed by atoms with E-state index in [4.69, 9.17) is 10.8 Å². The molecule has 0 spiro atoms. The number of nitrogens with two attached hydrogens (primary N) is 1. The van der Waals surface area contributed by atoms with Gasteiger partial charge in [-0.2, -0.15) is 0 Å². The van der Waals surface area contributed by atoms with Crippen LogP contribution in [0.1, 0.15) is 13.3 Å². The average Bonchev–Trinajstić information content (AvgIpc) is 3.53. The third-order valence-corrected chi connectivity index (χ3v) is 4.74. The van der Waals surface area contributed by atoms with E-state index < -0.39 is 12.0 Å². The lowest BCUT2D eigenvalue weighted by Gasteiger charge is -2.00. The van der Waals surface area contributed by atoms with Gasteiger partial charge in [0.15, 0.2) is 0 Å². The highest BCUT2D eigenvalue weighted by atomic mass is 16.4. The molecule has 8 nitrogen and oxygen atoms in total. The first-order chi connectivity index (χ1) is 15.8. The molecule has 0 aliphatic carbocycles. The number of hydrogen-bond donors (Lipinski definition) is 2. The monoisotopic (exact) mass is 439 g/mol. The van der Waals surface area contributed by atoms with Crippen LogP contribution in [0.25, 0.3) is 0 Å². The van der Waals surface area contributed by atoms with Crippen molar-refractivity contribution >= 4 is 34.6 Å².